The first-order valence-electron chi connectivity index (χ1n) is 10.1. The topological polar surface area (TPSA) is 44.8 Å². The van der Waals surface area contributed by atoms with E-state index in [0.717, 1.165) is 47.3 Å². The van der Waals surface area contributed by atoms with Gasteiger partial charge in [0.25, 0.3) is 5.91 Å². The molecule has 0 aliphatic carbocycles. The summed E-state index contributed by atoms with van der Waals surface area (Å²) in [4.78, 5) is 18.3. The van der Waals surface area contributed by atoms with Crippen molar-refractivity contribution in [1.29, 1.82) is 0 Å². The molecule has 1 aliphatic rings. The molecule has 2 aromatic heterocycles. The van der Waals surface area contributed by atoms with E-state index in [0.29, 0.717) is 6.54 Å². The lowest BCUT2D eigenvalue weighted by molar-refractivity contribution is 0.0946. The number of rotatable bonds is 7. The number of ether oxygens (including phenoxy) is 1. The summed E-state index contributed by atoms with van der Waals surface area (Å²) in [6, 6.07) is 14.6. The Labute approximate surface area is 185 Å². The summed E-state index contributed by atoms with van der Waals surface area (Å²) >= 11 is 3.25. The van der Waals surface area contributed by atoms with Crippen molar-refractivity contribution in [2.24, 2.45) is 0 Å². The molecule has 5 nitrogen and oxygen atoms in total. The highest BCUT2D eigenvalue weighted by molar-refractivity contribution is 7.18. The van der Waals surface area contributed by atoms with E-state index in [9.17, 15) is 4.79 Å². The van der Waals surface area contributed by atoms with Crippen LogP contribution in [-0.4, -0.2) is 57.8 Å². The molecule has 0 radical (unpaired) electrons. The molecule has 0 bridgehead atoms. The van der Waals surface area contributed by atoms with Gasteiger partial charge in [0.1, 0.15) is 0 Å². The number of thiophene rings is 2. The number of hydrogen-bond donors (Lipinski definition) is 1. The highest BCUT2D eigenvalue weighted by Crippen LogP contribution is 2.39. The van der Waals surface area contributed by atoms with Crippen molar-refractivity contribution in [2.75, 3.05) is 51.8 Å². The van der Waals surface area contributed by atoms with Crippen molar-refractivity contribution in [1.82, 2.24) is 10.2 Å². The van der Waals surface area contributed by atoms with Crippen LogP contribution < -0.4 is 10.2 Å². The van der Waals surface area contributed by atoms with Gasteiger partial charge >= 0.3 is 0 Å². The standard InChI is InChI=1S/C23H27N3O2S2/c1-25(2)20(18-8-13-29-16-18)15-24-22(27)21-14-19(17-6-4-3-5-7-17)23(30-21)26-9-11-28-12-10-26/h3-8,13-14,16,20H,9-12,15H2,1-2H3,(H,24,27). The summed E-state index contributed by atoms with van der Waals surface area (Å²) in [5, 5.41) is 8.53. The van der Waals surface area contributed by atoms with Gasteiger partial charge in [-0.2, -0.15) is 11.3 Å². The molecular weight excluding hydrogens is 414 g/mol. The molecule has 3 heterocycles. The third-order valence-electron chi connectivity index (χ3n) is 5.33. The molecule has 3 aromatic rings. The molecule has 1 saturated heterocycles. The van der Waals surface area contributed by atoms with E-state index in [4.69, 9.17) is 4.74 Å². The first-order valence-corrected chi connectivity index (χ1v) is 11.9. The van der Waals surface area contributed by atoms with Gasteiger partial charge in [0.2, 0.25) is 0 Å². The maximum absolute atomic E-state index is 13.1. The van der Waals surface area contributed by atoms with Crippen LogP contribution in [0.3, 0.4) is 0 Å². The Bertz CT molecular complexity index is 948. The van der Waals surface area contributed by atoms with Gasteiger partial charge < -0.3 is 19.9 Å². The SMILES string of the molecule is CN(C)C(CNC(=O)c1cc(-c2ccccc2)c(N2CCOCC2)s1)c1ccsc1. The second-order valence-electron chi connectivity index (χ2n) is 7.54. The summed E-state index contributed by atoms with van der Waals surface area (Å²) < 4.78 is 5.52. The number of nitrogens with one attached hydrogen (secondary N) is 1. The van der Waals surface area contributed by atoms with Crippen LogP contribution in [0.5, 0.6) is 0 Å². The number of carbonyl (C=O) groups is 1. The molecule has 1 aromatic carbocycles. The fraction of sp³-hybridized carbons (Fsp3) is 0.348. The van der Waals surface area contributed by atoms with Crippen molar-refractivity contribution >= 4 is 33.6 Å². The molecule has 30 heavy (non-hydrogen) atoms. The van der Waals surface area contributed by atoms with E-state index in [-0.39, 0.29) is 11.9 Å². The zero-order valence-electron chi connectivity index (χ0n) is 17.3. The maximum Gasteiger partial charge on any atom is 0.261 e. The number of anilines is 1. The molecular formula is C23H27N3O2S2. The van der Waals surface area contributed by atoms with Crippen LogP contribution in [0.4, 0.5) is 5.00 Å². The quantitative estimate of drug-likeness (QED) is 0.592. The Morgan fingerprint density at radius 3 is 2.63 bits per heavy atom. The van der Waals surface area contributed by atoms with Gasteiger partial charge in [-0.1, -0.05) is 30.3 Å². The van der Waals surface area contributed by atoms with Crippen LogP contribution in [0, 0.1) is 0 Å². The van der Waals surface area contributed by atoms with Crippen molar-refractivity contribution in [3.8, 4) is 11.1 Å². The molecule has 7 heteroatoms. The lowest BCUT2D eigenvalue weighted by Crippen LogP contribution is -2.36. The average Bonchev–Trinajstić information content (AvgIpc) is 3.45. The molecule has 158 valence electrons. The zero-order valence-corrected chi connectivity index (χ0v) is 19.0. The third kappa shape index (κ3) is 4.75. The first kappa shape index (κ1) is 21.1. The lowest BCUT2D eigenvalue weighted by Gasteiger charge is -2.28. The number of carbonyl (C=O) groups excluding carboxylic acids is 1. The van der Waals surface area contributed by atoms with E-state index in [1.807, 2.05) is 38.4 Å². The zero-order chi connectivity index (χ0) is 20.9. The van der Waals surface area contributed by atoms with Crippen molar-refractivity contribution < 1.29 is 9.53 Å². The van der Waals surface area contributed by atoms with Gasteiger partial charge in [-0.05, 0) is 48.1 Å². The van der Waals surface area contributed by atoms with E-state index in [1.165, 1.54) is 5.56 Å². The van der Waals surface area contributed by atoms with Gasteiger partial charge in [0.15, 0.2) is 0 Å². The van der Waals surface area contributed by atoms with Crippen molar-refractivity contribution in [3.05, 3.63) is 63.7 Å². The van der Waals surface area contributed by atoms with Crippen LogP contribution in [0.2, 0.25) is 0 Å². The van der Waals surface area contributed by atoms with Gasteiger partial charge in [-0.25, -0.2) is 0 Å². The van der Waals surface area contributed by atoms with E-state index in [1.54, 1.807) is 22.7 Å². The van der Waals surface area contributed by atoms with Gasteiger partial charge in [-0.3, -0.25) is 4.79 Å². The monoisotopic (exact) mass is 441 g/mol. The summed E-state index contributed by atoms with van der Waals surface area (Å²) in [7, 11) is 4.09. The number of nitrogens with zero attached hydrogens (tertiary/aromatic N) is 2. The third-order valence-corrected chi connectivity index (χ3v) is 7.22. The fourth-order valence-electron chi connectivity index (χ4n) is 3.66. The second kappa shape index (κ2) is 9.75. The van der Waals surface area contributed by atoms with Crippen LogP contribution in [0.1, 0.15) is 21.3 Å². The van der Waals surface area contributed by atoms with Crippen LogP contribution >= 0.6 is 22.7 Å². The molecule has 1 N–H and O–H groups in total. The van der Waals surface area contributed by atoms with Crippen LogP contribution in [-0.2, 0) is 4.74 Å². The predicted molar refractivity (Wildman–Crippen MR) is 126 cm³/mol. The van der Waals surface area contributed by atoms with Gasteiger partial charge in [-0.15, -0.1) is 11.3 Å². The smallest absolute Gasteiger partial charge is 0.261 e. The summed E-state index contributed by atoms with van der Waals surface area (Å²) in [6.45, 7) is 3.72. The van der Waals surface area contributed by atoms with Crippen LogP contribution in [0.25, 0.3) is 11.1 Å². The normalized spacial score (nSPS) is 15.4. The largest absolute Gasteiger partial charge is 0.378 e. The van der Waals surface area contributed by atoms with Crippen LogP contribution in [0.15, 0.2) is 53.2 Å². The molecule has 1 unspecified atom stereocenters. The molecule has 4 rings (SSSR count). The minimum absolute atomic E-state index is 0.0150. The molecule has 1 atom stereocenters. The Hall–Kier alpha value is -2.19. The highest BCUT2D eigenvalue weighted by atomic mass is 32.1. The van der Waals surface area contributed by atoms with Gasteiger partial charge in [0, 0.05) is 25.2 Å². The Balaban J connectivity index is 1.56. The Morgan fingerprint density at radius 2 is 1.97 bits per heavy atom. The molecule has 0 saturated carbocycles. The van der Waals surface area contributed by atoms with Gasteiger partial charge in [0.05, 0.1) is 29.1 Å². The number of morpholine rings is 1. The average molecular weight is 442 g/mol. The number of hydrogen-bond acceptors (Lipinski definition) is 6. The number of likely N-dealkylation sites (N-methyl/N-ethyl adjacent to an activating group) is 1. The fourth-order valence-corrected chi connectivity index (χ4v) is 5.51. The first-order chi connectivity index (χ1) is 14.6. The summed E-state index contributed by atoms with van der Waals surface area (Å²) in [5.41, 5.74) is 3.49. The predicted octanol–water partition coefficient (Wildman–Crippen LogP) is 4.35. The molecule has 1 aliphatic heterocycles. The Morgan fingerprint density at radius 1 is 1.20 bits per heavy atom. The number of amides is 1. The van der Waals surface area contributed by atoms with Crippen molar-refractivity contribution in [2.45, 2.75) is 6.04 Å². The highest BCUT2D eigenvalue weighted by Gasteiger charge is 2.23. The molecule has 1 amide bonds. The second-order valence-corrected chi connectivity index (χ2v) is 9.35. The maximum atomic E-state index is 13.1. The summed E-state index contributed by atoms with van der Waals surface area (Å²) in [6.07, 6.45) is 0. The minimum Gasteiger partial charge on any atom is -0.378 e. The lowest BCUT2D eigenvalue weighted by atomic mass is 10.1. The summed E-state index contributed by atoms with van der Waals surface area (Å²) in [5.74, 6) is -0.0150. The minimum atomic E-state index is -0.0150. The van der Waals surface area contributed by atoms with Crippen molar-refractivity contribution in [3.63, 3.8) is 0 Å². The van der Waals surface area contributed by atoms with E-state index < -0.39 is 0 Å². The molecule has 0 spiro atoms. The number of benzene rings is 1. The molecule has 1 fully saturated rings. The van der Waals surface area contributed by atoms with E-state index >= 15 is 0 Å². The Kier molecular flexibility index (Phi) is 6.84. The van der Waals surface area contributed by atoms with E-state index in [2.05, 4.69) is 44.1 Å².